The minimum atomic E-state index is -0.952. The topological polar surface area (TPSA) is 63.3 Å². The molecule has 1 atom stereocenters. The van der Waals surface area contributed by atoms with Crippen LogP contribution in [0.15, 0.2) is 29.2 Å². The smallest absolute Gasteiger partial charge is 0.320 e. The van der Waals surface area contributed by atoms with Crippen molar-refractivity contribution in [3.05, 3.63) is 29.3 Å². The van der Waals surface area contributed by atoms with E-state index >= 15 is 0 Å². The zero-order valence-electron chi connectivity index (χ0n) is 8.02. The highest BCUT2D eigenvalue weighted by Gasteiger charge is 2.10. The largest absolute Gasteiger partial charge is 0.480 e. The summed E-state index contributed by atoms with van der Waals surface area (Å²) in [7, 11) is 0. The van der Waals surface area contributed by atoms with Crippen molar-refractivity contribution in [2.24, 2.45) is 5.73 Å². The molecule has 0 radical (unpaired) electrons. The predicted octanol–water partition coefficient (Wildman–Crippen LogP) is 2.23. The van der Waals surface area contributed by atoms with E-state index < -0.39 is 12.0 Å². The monoisotopic (exact) mass is 245 g/mol. The maximum atomic E-state index is 10.4. The van der Waals surface area contributed by atoms with Crippen molar-refractivity contribution < 1.29 is 9.90 Å². The minimum Gasteiger partial charge on any atom is -0.480 e. The summed E-state index contributed by atoms with van der Waals surface area (Å²) in [6.07, 6.45) is 0.461. The number of carbonyl (C=O) groups is 1. The van der Waals surface area contributed by atoms with Gasteiger partial charge in [-0.05, 0) is 30.7 Å². The molecule has 5 heteroatoms. The lowest BCUT2D eigenvalue weighted by Gasteiger charge is -2.05. The van der Waals surface area contributed by atoms with Gasteiger partial charge in [-0.3, -0.25) is 4.79 Å². The van der Waals surface area contributed by atoms with Gasteiger partial charge in [0, 0.05) is 15.7 Å². The van der Waals surface area contributed by atoms with Crippen LogP contribution in [0.2, 0.25) is 5.02 Å². The maximum Gasteiger partial charge on any atom is 0.320 e. The summed E-state index contributed by atoms with van der Waals surface area (Å²) < 4.78 is 0. The standard InChI is InChI=1S/C10H12ClNO2S/c11-7-1-3-8(4-2-7)15-6-5-9(12)10(13)14/h1-4,9H,5-6,12H2,(H,13,14). The second-order valence-electron chi connectivity index (χ2n) is 3.04. The number of rotatable bonds is 5. The number of thioether (sulfide) groups is 1. The van der Waals surface area contributed by atoms with Crippen LogP contribution >= 0.6 is 23.4 Å². The van der Waals surface area contributed by atoms with E-state index in [1.165, 1.54) is 0 Å². The Bertz CT molecular complexity index is 329. The van der Waals surface area contributed by atoms with E-state index in [1.54, 1.807) is 23.9 Å². The molecule has 1 aromatic rings. The number of aliphatic carboxylic acids is 1. The van der Waals surface area contributed by atoms with Crippen LogP contribution in [-0.4, -0.2) is 22.9 Å². The van der Waals surface area contributed by atoms with Gasteiger partial charge in [-0.15, -0.1) is 11.8 Å². The van der Waals surface area contributed by atoms with Crippen molar-refractivity contribution in [3.8, 4) is 0 Å². The minimum absolute atomic E-state index is 0.461. The Hall–Kier alpha value is -0.710. The summed E-state index contributed by atoms with van der Waals surface area (Å²) in [5.41, 5.74) is 5.37. The number of carboxylic acid groups (broad SMARTS) is 1. The fraction of sp³-hybridized carbons (Fsp3) is 0.300. The van der Waals surface area contributed by atoms with Crippen molar-refractivity contribution in [1.82, 2.24) is 0 Å². The second-order valence-corrected chi connectivity index (χ2v) is 4.64. The van der Waals surface area contributed by atoms with E-state index in [-0.39, 0.29) is 0 Å². The number of halogens is 1. The Morgan fingerprint density at radius 2 is 2.07 bits per heavy atom. The maximum absolute atomic E-state index is 10.4. The summed E-state index contributed by atoms with van der Waals surface area (Å²) in [4.78, 5) is 11.5. The Morgan fingerprint density at radius 1 is 1.47 bits per heavy atom. The molecule has 1 unspecified atom stereocenters. The average Bonchev–Trinajstić information content (AvgIpc) is 2.20. The molecule has 0 saturated heterocycles. The molecule has 15 heavy (non-hydrogen) atoms. The van der Waals surface area contributed by atoms with E-state index in [2.05, 4.69) is 0 Å². The molecule has 0 amide bonds. The first kappa shape index (κ1) is 12.4. The molecule has 3 N–H and O–H groups in total. The van der Waals surface area contributed by atoms with Crippen molar-refractivity contribution in [3.63, 3.8) is 0 Å². The molecule has 0 saturated carbocycles. The van der Waals surface area contributed by atoms with Crippen LogP contribution in [0.5, 0.6) is 0 Å². The third-order valence-electron chi connectivity index (χ3n) is 1.83. The molecule has 0 bridgehead atoms. The van der Waals surface area contributed by atoms with Crippen molar-refractivity contribution in [2.75, 3.05) is 5.75 Å². The van der Waals surface area contributed by atoms with Crippen molar-refractivity contribution in [2.45, 2.75) is 17.4 Å². The van der Waals surface area contributed by atoms with Crippen LogP contribution < -0.4 is 5.73 Å². The Balaban J connectivity index is 2.32. The number of nitrogens with two attached hydrogens (primary N) is 1. The van der Waals surface area contributed by atoms with E-state index in [1.807, 2.05) is 12.1 Å². The van der Waals surface area contributed by atoms with E-state index in [9.17, 15) is 4.79 Å². The van der Waals surface area contributed by atoms with Crippen LogP contribution in [0.4, 0.5) is 0 Å². The van der Waals surface area contributed by atoms with Gasteiger partial charge in [0.1, 0.15) is 6.04 Å². The van der Waals surface area contributed by atoms with Crippen LogP contribution in [0.3, 0.4) is 0 Å². The lowest BCUT2D eigenvalue weighted by molar-refractivity contribution is -0.138. The fourth-order valence-corrected chi connectivity index (χ4v) is 2.02. The molecule has 0 aromatic heterocycles. The number of benzene rings is 1. The van der Waals surface area contributed by atoms with Crippen LogP contribution in [0.1, 0.15) is 6.42 Å². The van der Waals surface area contributed by atoms with E-state index in [0.717, 1.165) is 4.90 Å². The molecule has 0 aliphatic heterocycles. The number of hydrogen-bond acceptors (Lipinski definition) is 3. The van der Waals surface area contributed by atoms with Gasteiger partial charge in [-0.2, -0.15) is 0 Å². The van der Waals surface area contributed by atoms with Crippen LogP contribution in [-0.2, 0) is 4.79 Å². The molecule has 0 spiro atoms. The van der Waals surface area contributed by atoms with Crippen LogP contribution in [0.25, 0.3) is 0 Å². The second kappa shape index (κ2) is 6.00. The summed E-state index contributed by atoms with van der Waals surface area (Å²) in [6, 6.07) is 6.64. The molecule has 82 valence electrons. The first-order valence-corrected chi connectivity index (χ1v) is 5.82. The highest BCUT2D eigenvalue weighted by Crippen LogP contribution is 2.21. The first-order valence-electron chi connectivity index (χ1n) is 4.46. The number of carboxylic acids is 1. The van der Waals surface area contributed by atoms with Gasteiger partial charge >= 0.3 is 5.97 Å². The predicted molar refractivity (Wildman–Crippen MR) is 62.4 cm³/mol. The zero-order chi connectivity index (χ0) is 11.3. The highest BCUT2D eigenvalue weighted by atomic mass is 35.5. The van der Waals surface area contributed by atoms with E-state index in [4.69, 9.17) is 22.4 Å². The summed E-state index contributed by atoms with van der Waals surface area (Å²) in [5, 5.41) is 9.26. The lowest BCUT2D eigenvalue weighted by Crippen LogP contribution is -2.30. The molecule has 0 aliphatic carbocycles. The van der Waals surface area contributed by atoms with Gasteiger partial charge in [0.25, 0.3) is 0 Å². The molecule has 0 aliphatic rings. The molecule has 1 rings (SSSR count). The summed E-state index contributed by atoms with van der Waals surface area (Å²) in [5.74, 6) is -0.263. The van der Waals surface area contributed by atoms with Crippen LogP contribution in [0, 0.1) is 0 Å². The normalized spacial score (nSPS) is 12.4. The lowest BCUT2D eigenvalue weighted by atomic mass is 10.2. The third kappa shape index (κ3) is 4.55. The van der Waals surface area contributed by atoms with Gasteiger partial charge in [0.2, 0.25) is 0 Å². The third-order valence-corrected chi connectivity index (χ3v) is 3.13. The summed E-state index contributed by atoms with van der Waals surface area (Å²) >= 11 is 7.30. The number of hydrogen-bond donors (Lipinski definition) is 2. The van der Waals surface area contributed by atoms with Gasteiger partial charge in [0.15, 0.2) is 0 Å². The van der Waals surface area contributed by atoms with Crippen molar-refractivity contribution >= 4 is 29.3 Å². The van der Waals surface area contributed by atoms with Gasteiger partial charge in [-0.1, -0.05) is 11.6 Å². The zero-order valence-corrected chi connectivity index (χ0v) is 9.59. The van der Waals surface area contributed by atoms with Gasteiger partial charge < -0.3 is 10.8 Å². The fourth-order valence-electron chi connectivity index (χ4n) is 0.958. The summed E-state index contributed by atoms with van der Waals surface area (Å²) in [6.45, 7) is 0. The molecular weight excluding hydrogens is 234 g/mol. The van der Waals surface area contributed by atoms with Gasteiger partial charge in [0.05, 0.1) is 0 Å². The first-order chi connectivity index (χ1) is 7.09. The molecule has 0 fully saturated rings. The molecular formula is C10H12ClNO2S. The Kier molecular flexibility index (Phi) is 4.94. The highest BCUT2D eigenvalue weighted by molar-refractivity contribution is 7.99. The molecule has 1 aromatic carbocycles. The molecule has 3 nitrogen and oxygen atoms in total. The Morgan fingerprint density at radius 3 is 2.60 bits per heavy atom. The van der Waals surface area contributed by atoms with Gasteiger partial charge in [-0.25, -0.2) is 0 Å². The van der Waals surface area contributed by atoms with Crippen molar-refractivity contribution in [1.29, 1.82) is 0 Å². The molecule has 0 heterocycles. The Labute approximate surface area is 97.6 Å². The SMILES string of the molecule is NC(CCSc1ccc(Cl)cc1)C(=O)O. The van der Waals surface area contributed by atoms with E-state index in [0.29, 0.717) is 17.2 Å². The average molecular weight is 246 g/mol. The quantitative estimate of drug-likeness (QED) is 0.781.